The molecule has 0 spiro atoms. The number of amides is 1. The number of carboxylic acid groups (broad SMARTS) is 1. The predicted octanol–water partition coefficient (Wildman–Crippen LogP) is -2.40. The van der Waals surface area contributed by atoms with Gasteiger partial charge in [-0.2, -0.15) is 5.10 Å². The second-order valence-electron chi connectivity index (χ2n) is 8.31. The Bertz CT molecular complexity index is 1440. The molecule has 1 fully saturated rings. The van der Waals surface area contributed by atoms with Gasteiger partial charge in [-0.15, -0.1) is 11.8 Å². The van der Waals surface area contributed by atoms with Crippen LogP contribution in [0.25, 0.3) is 6.08 Å². The number of nitro benzene ring substituents is 1. The molecule has 12 nitrogen and oxygen atoms in total. The van der Waals surface area contributed by atoms with Gasteiger partial charge in [0.05, 0.1) is 46.6 Å². The Morgan fingerprint density at radius 2 is 2.03 bits per heavy atom. The molecule has 1 aromatic heterocycles. The number of fused-ring (bicyclic) bond motifs is 2. The number of carbonyl (C=O) groups excluding carboxylic acids is 3. The summed E-state index contributed by atoms with van der Waals surface area (Å²) >= 11 is 1.24. The SMILES string of the molecule is O=C(CC#CN1CCn2nc(/C=C3/C(=O)N4C(C(=O)[O-])=CSC34)cc2C1)OCc1ccc([N+](=O)[O-])cc1.[Na+]. The van der Waals surface area contributed by atoms with Crippen LogP contribution >= 0.6 is 11.8 Å². The van der Waals surface area contributed by atoms with Crippen molar-refractivity contribution in [3.63, 3.8) is 0 Å². The number of carboxylic acids is 1. The summed E-state index contributed by atoms with van der Waals surface area (Å²) in [5, 5.41) is 27.4. The van der Waals surface area contributed by atoms with Gasteiger partial charge < -0.3 is 19.5 Å². The van der Waals surface area contributed by atoms with Crippen LogP contribution < -0.4 is 34.7 Å². The number of benzene rings is 1. The minimum Gasteiger partial charge on any atom is -0.543 e. The van der Waals surface area contributed by atoms with Crippen LogP contribution in [0.1, 0.15) is 23.4 Å². The number of carbonyl (C=O) groups is 3. The number of ether oxygens (including phenoxy) is 1. The van der Waals surface area contributed by atoms with Crippen LogP contribution in [0.2, 0.25) is 0 Å². The number of rotatable bonds is 6. The molecule has 3 aliphatic rings. The number of hydrogen-bond donors (Lipinski definition) is 0. The van der Waals surface area contributed by atoms with E-state index in [4.69, 9.17) is 4.74 Å². The van der Waals surface area contributed by atoms with E-state index in [1.807, 2.05) is 15.6 Å². The molecule has 1 unspecified atom stereocenters. The first kappa shape index (κ1) is 27.5. The Morgan fingerprint density at radius 1 is 1.26 bits per heavy atom. The van der Waals surface area contributed by atoms with E-state index in [0.29, 0.717) is 36.5 Å². The van der Waals surface area contributed by atoms with Gasteiger partial charge in [0.2, 0.25) is 0 Å². The summed E-state index contributed by atoms with van der Waals surface area (Å²) in [7, 11) is 0. The van der Waals surface area contributed by atoms with Crippen molar-refractivity contribution in [2.45, 2.75) is 31.5 Å². The molecule has 38 heavy (non-hydrogen) atoms. The van der Waals surface area contributed by atoms with Crippen LogP contribution in [0, 0.1) is 22.1 Å². The molecular weight excluding hydrogens is 525 g/mol. The van der Waals surface area contributed by atoms with Gasteiger partial charge in [-0.05, 0) is 35.2 Å². The van der Waals surface area contributed by atoms with Gasteiger partial charge in [-0.3, -0.25) is 29.3 Å². The number of β-lactam (4-membered cyclic amide) rings is 1. The van der Waals surface area contributed by atoms with Crippen LogP contribution in [0.5, 0.6) is 0 Å². The third-order valence-corrected chi connectivity index (χ3v) is 6.96. The molecule has 1 amide bonds. The van der Waals surface area contributed by atoms with E-state index < -0.39 is 16.9 Å². The van der Waals surface area contributed by atoms with Gasteiger partial charge in [0.15, 0.2) is 0 Å². The summed E-state index contributed by atoms with van der Waals surface area (Å²) in [4.78, 5) is 48.7. The number of non-ortho nitro benzene ring substituents is 1. The van der Waals surface area contributed by atoms with Crippen molar-refractivity contribution in [1.82, 2.24) is 19.6 Å². The maximum atomic E-state index is 12.4. The van der Waals surface area contributed by atoms with Crippen molar-refractivity contribution >= 4 is 41.4 Å². The predicted molar refractivity (Wildman–Crippen MR) is 127 cm³/mol. The Balaban J connectivity index is 0.00000336. The van der Waals surface area contributed by atoms with Gasteiger partial charge in [0.1, 0.15) is 18.4 Å². The van der Waals surface area contributed by atoms with Crippen LogP contribution in [-0.2, 0) is 38.8 Å². The summed E-state index contributed by atoms with van der Waals surface area (Å²) in [5.74, 6) is 0.561. The molecule has 4 heterocycles. The Hall–Kier alpha value is -3.57. The number of nitro groups is 1. The Kier molecular flexibility index (Phi) is 8.27. The normalized spacial score (nSPS) is 18.3. The number of thioether (sulfide) groups is 1. The molecule has 0 bridgehead atoms. The van der Waals surface area contributed by atoms with Crippen LogP contribution in [0.4, 0.5) is 5.69 Å². The van der Waals surface area contributed by atoms with Gasteiger partial charge in [-0.25, -0.2) is 0 Å². The smallest absolute Gasteiger partial charge is 0.543 e. The second kappa shape index (κ2) is 11.4. The quantitative estimate of drug-likeness (QED) is 0.0733. The zero-order valence-corrected chi connectivity index (χ0v) is 23.0. The van der Waals surface area contributed by atoms with Gasteiger partial charge in [0.25, 0.3) is 11.6 Å². The fraction of sp³-hybridized carbons (Fsp3) is 0.250. The number of hydrogen-bond acceptors (Lipinski definition) is 10. The number of esters is 1. The van der Waals surface area contributed by atoms with E-state index in [1.54, 1.807) is 6.08 Å². The number of nitrogens with zero attached hydrogens (tertiary/aromatic N) is 5. The average molecular weight is 543 g/mol. The molecule has 1 atom stereocenters. The summed E-state index contributed by atoms with van der Waals surface area (Å²) in [6, 6.07) is 10.6. The van der Waals surface area contributed by atoms with E-state index >= 15 is 0 Å². The summed E-state index contributed by atoms with van der Waals surface area (Å²) in [6.45, 7) is 1.66. The molecule has 0 saturated carbocycles. The van der Waals surface area contributed by atoms with Crippen molar-refractivity contribution < 1.29 is 58.7 Å². The first-order valence-corrected chi connectivity index (χ1v) is 12.1. The molecule has 14 heteroatoms. The number of aromatic nitrogens is 2. The first-order chi connectivity index (χ1) is 17.8. The van der Waals surface area contributed by atoms with E-state index in [2.05, 4.69) is 17.1 Å². The standard InChI is InChI=1S/C24H19N5O7S.Na/c30-21(36-13-15-3-5-17(6-4-15)29(34)35)2-1-7-26-8-9-27-18(12-26)10-16(25-27)11-19-22(31)28-20(24(32)33)14-37-23(19)28;/h3-6,10-11,14,23H,2,8-9,12-13H2,(H,32,33);/q;+1/p-1/b19-11-;. The molecule has 0 N–H and O–H groups in total. The largest absolute Gasteiger partial charge is 1.00 e. The van der Waals surface area contributed by atoms with Crippen LogP contribution in [-0.4, -0.2) is 54.3 Å². The third-order valence-electron chi connectivity index (χ3n) is 5.88. The molecule has 188 valence electrons. The van der Waals surface area contributed by atoms with Crippen molar-refractivity contribution in [1.29, 1.82) is 0 Å². The molecular formula is C24H18N5NaO7S. The van der Waals surface area contributed by atoms with Crippen molar-refractivity contribution in [3.05, 3.63) is 74.1 Å². The van der Waals surface area contributed by atoms with Crippen molar-refractivity contribution in [2.24, 2.45) is 0 Å². The zero-order valence-electron chi connectivity index (χ0n) is 20.2. The van der Waals surface area contributed by atoms with E-state index in [-0.39, 0.29) is 65.3 Å². The minimum atomic E-state index is -1.38. The first-order valence-electron chi connectivity index (χ1n) is 11.1. The van der Waals surface area contributed by atoms with Crippen LogP contribution in [0.15, 0.2) is 47.0 Å². The fourth-order valence-corrected chi connectivity index (χ4v) is 5.14. The maximum absolute atomic E-state index is 12.4. The van der Waals surface area contributed by atoms with E-state index in [0.717, 1.165) is 5.69 Å². The Morgan fingerprint density at radius 3 is 2.74 bits per heavy atom. The summed E-state index contributed by atoms with van der Waals surface area (Å²) < 4.78 is 7.00. The fourth-order valence-electron chi connectivity index (χ4n) is 4.03. The molecule has 1 aromatic carbocycles. The summed E-state index contributed by atoms with van der Waals surface area (Å²) in [6.07, 6.45) is 1.57. The molecule has 0 aliphatic carbocycles. The Labute approximate surface area is 242 Å². The third kappa shape index (κ3) is 5.63. The molecule has 1 saturated heterocycles. The van der Waals surface area contributed by atoms with Crippen LogP contribution in [0.3, 0.4) is 0 Å². The van der Waals surface area contributed by atoms with Crippen molar-refractivity contribution in [3.8, 4) is 12.0 Å². The topological polar surface area (TPSA) is 151 Å². The number of aliphatic carboxylic acids is 1. The molecule has 3 aliphatic heterocycles. The van der Waals surface area contributed by atoms with E-state index in [9.17, 15) is 29.6 Å². The molecule has 5 rings (SSSR count). The van der Waals surface area contributed by atoms with Crippen molar-refractivity contribution in [2.75, 3.05) is 6.54 Å². The monoisotopic (exact) mass is 543 g/mol. The van der Waals surface area contributed by atoms with Gasteiger partial charge in [-0.1, -0.05) is 5.92 Å². The average Bonchev–Trinajstić information content (AvgIpc) is 3.47. The van der Waals surface area contributed by atoms with Gasteiger partial charge in [0, 0.05) is 24.7 Å². The van der Waals surface area contributed by atoms with Gasteiger partial charge >= 0.3 is 35.5 Å². The second-order valence-corrected chi connectivity index (χ2v) is 9.26. The minimum absolute atomic E-state index is 0. The zero-order chi connectivity index (χ0) is 26.1. The summed E-state index contributed by atoms with van der Waals surface area (Å²) in [5.41, 5.74) is 2.46. The van der Waals surface area contributed by atoms with E-state index in [1.165, 1.54) is 46.3 Å². The maximum Gasteiger partial charge on any atom is 1.00 e. The molecule has 0 radical (unpaired) electrons. The molecule has 2 aromatic rings.